The Labute approximate surface area is 55.2 Å². The molecule has 3 nitrogen and oxygen atoms in total. The molecule has 0 heterocycles. The summed E-state index contributed by atoms with van der Waals surface area (Å²) in [6.45, 7) is 2.33. The van der Waals surface area contributed by atoms with Gasteiger partial charge in [-0.25, -0.2) is 0 Å². The summed E-state index contributed by atoms with van der Waals surface area (Å²) in [6.07, 6.45) is 1.81. The Morgan fingerprint density at radius 2 is 1.88 bits per heavy atom. The number of unbranched alkanes of at least 4 members (excludes halogenated alkanes) is 1. The Morgan fingerprint density at radius 1 is 1.38 bits per heavy atom. The zero-order valence-corrected chi connectivity index (χ0v) is 5.69. The number of hydroxylamine groups is 2. The van der Waals surface area contributed by atoms with E-state index < -0.39 is 0 Å². The van der Waals surface area contributed by atoms with E-state index in [1.807, 2.05) is 6.92 Å². The van der Waals surface area contributed by atoms with Crippen molar-refractivity contribution in [3.63, 3.8) is 0 Å². The lowest BCUT2D eigenvalue weighted by Gasteiger charge is -2.01. The van der Waals surface area contributed by atoms with E-state index >= 15 is 0 Å². The van der Waals surface area contributed by atoms with Crippen LogP contribution in [0.15, 0.2) is 0 Å². The minimum absolute atomic E-state index is 0. The second kappa shape index (κ2) is 7.17. The van der Waals surface area contributed by atoms with Crippen molar-refractivity contribution in [2.45, 2.75) is 19.8 Å². The fourth-order valence-corrected chi connectivity index (χ4v) is 0.300. The van der Waals surface area contributed by atoms with Crippen molar-refractivity contribution in [1.82, 2.24) is 5.23 Å². The Hall–Kier alpha value is 0.170. The third kappa shape index (κ3) is 9.48. The molecule has 2 N–H and O–H groups in total. The van der Waals surface area contributed by atoms with E-state index in [0.717, 1.165) is 12.8 Å². The van der Waals surface area contributed by atoms with Crippen molar-refractivity contribution >= 4 is 12.4 Å². The molecule has 8 heavy (non-hydrogen) atoms. The van der Waals surface area contributed by atoms with Crippen LogP contribution in [0, 0.1) is 0 Å². The Morgan fingerprint density at radius 3 is 2.00 bits per heavy atom. The van der Waals surface area contributed by atoms with Gasteiger partial charge in [-0.05, 0) is 6.42 Å². The molecule has 0 aromatic rings. The second-order valence-electron chi connectivity index (χ2n) is 1.45. The zero-order valence-electron chi connectivity index (χ0n) is 4.87. The van der Waals surface area contributed by atoms with E-state index in [-0.39, 0.29) is 17.6 Å². The lowest BCUT2D eigenvalue weighted by Crippen LogP contribution is -2.14. The highest BCUT2D eigenvalue weighted by Crippen LogP contribution is 1.85. The van der Waals surface area contributed by atoms with Crippen molar-refractivity contribution in [2.75, 3.05) is 6.54 Å². The van der Waals surface area contributed by atoms with E-state index in [0.29, 0.717) is 6.54 Å². The molecular formula is C4H12ClNO2. The number of hydrogen-bond acceptors (Lipinski definition) is 3. The molecule has 0 aliphatic carbocycles. The number of nitrogens with zero attached hydrogens (tertiary/aromatic N) is 1. The minimum Gasteiger partial charge on any atom is -0.290 e. The summed E-state index contributed by atoms with van der Waals surface area (Å²) < 4.78 is 0. The van der Waals surface area contributed by atoms with Crippen LogP contribution in [-0.2, 0) is 0 Å². The highest BCUT2D eigenvalue weighted by atomic mass is 35.5. The number of hydrogen-bond donors (Lipinski definition) is 2. The molecule has 0 rings (SSSR count). The topological polar surface area (TPSA) is 43.7 Å². The maximum atomic E-state index is 8.07. The van der Waals surface area contributed by atoms with Gasteiger partial charge in [0.05, 0.1) is 6.54 Å². The molecule has 0 spiro atoms. The van der Waals surface area contributed by atoms with Gasteiger partial charge >= 0.3 is 0 Å². The van der Waals surface area contributed by atoms with E-state index in [4.69, 9.17) is 10.4 Å². The molecule has 0 aromatic heterocycles. The van der Waals surface area contributed by atoms with Gasteiger partial charge in [-0.2, -0.15) is 0 Å². The summed E-state index contributed by atoms with van der Waals surface area (Å²) >= 11 is 0. The summed E-state index contributed by atoms with van der Waals surface area (Å²) in [7, 11) is 0. The van der Waals surface area contributed by atoms with Crippen molar-refractivity contribution < 1.29 is 10.4 Å². The van der Waals surface area contributed by atoms with Gasteiger partial charge in [0, 0.05) is 0 Å². The first-order valence-electron chi connectivity index (χ1n) is 2.42. The maximum Gasteiger partial charge on any atom is 0.0512 e. The molecule has 0 aromatic carbocycles. The molecule has 52 valence electrons. The average Bonchev–Trinajstić information content (AvgIpc) is 1.61. The number of rotatable bonds is 3. The summed E-state index contributed by atoms with van der Waals surface area (Å²) in [4.78, 5) is 0. The van der Waals surface area contributed by atoms with Crippen LogP contribution < -0.4 is 0 Å². The van der Waals surface area contributed by atoms with Crippen molar-refractivity contribution in [1.29, 1.82) is 0 Å². The monoisotopic (exact) mass is 141 g/mol. The summed E-state index contributed by atoms with van der Waals surface area (Å²) in [5.74, 6) is 0. The van der Waals surface area contributed by atoms with Gasteiger partial charge < -0.3 is 0 Å². The number of halogens is 1. The molecule has 0 amide bonds. The fourth-order valence-electron chi connectivity index (χ4n) is 0.300. The molecule has 4 heteroatoms. The van der Waals surface area contributed by atoms with Crippen LogP contribution in [0.1, 0.15) is 19.8 Å². The van der Waals surface area contributed by atoms with Gasteiger partial charge in [-0.1, -0.05) is 18.6 Å². The third-order valence-electron chi connectivity index (χ3n) is 0.712. The van der Waals surface area contributed by atoms with Crippen LogP contribution >= 0.6 is 12.4 Å². The summed E-state index contributed by atoms with van der Waals surface area (Å²) in [5, 5.41) is 16.4. The SMILES string of the molecule is CCCCN(O)O.Cl. The Kier molecular flexibility index (Phi) is 9.89. The molecule has 0 unspecified atom stereocenters. The molecule has 0 saturated heterocycles. The predicted molar refractivity (Wildman–Crippen MR) is 32.4 cm³/mol. The predicted octanol–water partition coefficient (Wildman–Crippen LogP) is 1.29. The van der Waals surface area contributed by atoms with Gasteiger partial charge in [0.1, 0.15) is 0 Å². The molecule has 0 aliphatic heterocycles. The van der Waals surface area contributed by atoms with Gasteiger partial charge in [0.15, 0.2) is 0 Å². The Balaban J connectivity index is 0. The minimum atomic E-state index is 0. The second-order valence-corrected chi connectivity index (χ2v) is 1.45. The van der Waals surface area contributed by atoms with E-state index in [1.165, 1.54) is 0 Å². The molecule has 0 aliphatic rings. The van der Waals surface area contributed by atoms with Crippen molar-refractivity contribution in [3.05, 3.63) is 0 Å². The third-order valence-corrected chi connectivity index (χ3v) is 0.712. The van der Waals surface area contributed by atoms with Crippen LogP contribution in [0.2, 0.25) is 0 Å². The van der Waals surface area contributed by atoms with Gasteiger partial charge in [-0.3, -0.25) is 10.4 Å². The molecular weight excluding hydrogens is 130 g/mol. The van der Waals surface area contributed by atoms with Crippen LogP contribution in [0.3, 0.4) is 0 Å². The van der Waals surface area contributed by atoms with E-state index in [1.54, 1.807) is 0 Å². The van der Waals surface area contributed by atoms with Crippen LogP contribution in [-0.4, -0.2) is 22.2 Å². The highest BCUT2D eigenvalue weighted by Gasteiger charge is 1.87. The smallest absolute Gasteiger partial charge is 0.0512 e. The normalized spacial score (nSPS) is 9.00. The van der Waals surface area contributed by atoms with Crippen LogP contribution in [0.4, 0.5) is 0 Å². The standard InChI is InChI=1S/C4H11NO2.ClH/c1-2-3-4-5(6)7;/h6-7H,2-4H2,1H3;1H. The molecule has 0 saturated carbocycles. The highest BCUT2D eigenvalue weighted by molar-refractivity contribution is 5.85. The van der Waals surface area contributed by atoms with Crippen molar-refractivity contribution in [2.24, 2.45) is 0 Å². The fraction of sp³-hybridized carbons (Fsp3) is 1.00. The van der Waals surface area contributed by atoms with Gasteiger partial charge in [-0.15, -0.1) is 12.4 Å². The largest absolute Gasteiger partial charge is 0.290 e. The van der Waals surface area contributed by atoms with Crippen LogP contribution in [0.5, 0.6) is 0 Å². The zero-order chi connectivity index (χ0) is 5.70. The summed E-state index contributed by atoms with van der Waals surface area (Å²) in [5.41, 5.74) is 0. The lowest BCUT2D eigenvalue weighted by atomic mass is 10.3. The van der Waals surface area contributed by atoms with Gasteiger partial charge in [0.25, 0.3) is 0 Å². The molecule has 0 radical (unpaired) electrons. The first-order chi connectivity index (χ1) is 3.27. The van der Waals surface area contributed by atoms with Crippen LogP contribution in [0.25, 0.3) is 0 Å². The molecule has 0 bridgehead atoms. The lowest BCUT2D eigenvalue weighted by molar-refractivity contribution is -0.306. The quantitative estimate of drug-likeness (QED) is 0.582. The Bertz CT molecular complexity index is 43.0. The first kappa shape index (κ1) is 11.0. The van der Waals surface area contributed by atoms with Crippen molar-refractivity contribution in [3.8, 4) is 0 Å². The molecule has 0 fully saturated rings. The van der Waals surface area contributed by atoms with Gasteiger partial charge in [0.2, 0.25) is 0 Å². The average molecular weight is 142 g/mol. The first-order valence-corrected chi connectivity index (χ1v) is 2.42. The van der Waals surface area contributed by atoms with E-state index in [9.17, 15) is 0 Å². The molecule has 0 atom stereocenters. The summed E-state index contributed by atoms with van der Waals surface area (Å²) in [6, 6.07) is 0. The maximum absolute atomic E-state index is 8.07. The van der Waals surface area contributed by atoms with E-state index in [2.05, 4.69) is 0 Å².